The van der Waals surface area contributed by atoms with Gasteiger partial charge in [0.15, 0.2) is 0 Å². The Balaban J connectivity index is 0.000000202. The molecule has 0 heterocycles. The smallest absolute Gasteiger partial charge is 0.0638 e. The predicted molar refractivity (Wildman–Crippen MR) is 198 cm³/mol. The van der Waals surface area contributed by atoms with Gasteiger partial charge in [-0.05, 0) is 10.8 Å². The second kappa shape index (κ2) is 17.3. The van der Waals surface area contributed by atoms with Crippen LogP contribution in [0.2, 0.25) is 0 Å². The third-order valence-corrected chi connectivity index (χ3v) is 10.4. The minimum absolute atomic E-state index is 0. The van der Waals surface area contributed by atoms with Crippen molar-refractivity contribution in [2.75, 3.05) is 0 Å². The molecule has 0 aliphatic carbocycles. The summed E-state index contributed by atoms with van der Waals surface area (Å²) in [5.74, 6) is 0. The monoisotopic (exact) mass is 834 g/mol. The maximum absolute atomic E-state index is 2.35. The summed E-state index contributed by atoms with van der Waals surface area (Å²) in [5.41, 5.74) is 8.50. The number of rotatable bonds is 3. The minimum atomic E-state index is 0. The van der Waals surface area contributed by atoms with E-state index in [2.05, 4.69) is 193 Å². The summed E-state index contributed by atoms with van der Waals surface area (Å²) < 4.78 is 1.46. The molecule has 244 valence electrons. The largest absolute Gasteiger partial charge is 0.176 e. The van der Waals surface area contributed by atoms with Gasteiger partial charge in [0, 0.05) is 0 Å². The van der Waals surface area contributed by atoms with Gasteiger partial charge in [0.1, 0.15) is 0 Å². The van der Waals surface area contributed by atoms with Crippen LogP contribution in [0.5, 0.6) is 0 Å². The average Bonchev–Trinajstić information content (AvgIpc) is 3.74. The fraction of sp³-hybridized carbons (Fsp3) is 0.178. The first kappa shape index (κ1) is 39.1. The summed E-state index contributed by atoms with van der Waals surface area (Å²) >= 11 is 1.08. The van der Waals surface area contributed by atoms with Crippen molar-refractivity contribution in [3.63, 3.8) is 0 Å². The van der Waals surface area contributed by atoms with Crippen molar-refractivity contribution in [1.82, 2.24) is 0 Å². The van der Waals surface area contributed by atoms with Crippen molar-refractivity contribution in [1.29, 1.82) is 0 Å². The van der Waals surface area contributed by atoms with Crippen molar-refractivity contribution in [3.8, 4) is 11.1 Å². The third-order valence-electron chi connectivity index (χ3n) is 8.33. The average molecular weight is 834 g/mol. The molecule has 0 spiro atoms. The number of halogens is 2. The molecule has 48 heavy (non-hydrogen) atoms. The van der Waals surface area contributed by atoms with Gasteiger partial charge in [0.25, 0.3) is 0 Å². The summed E-state index contributed by atoms with van der Waals surface area (Å²) in [6, 6.07) is 56.1. The molecular weight excluding hydrogens is 790 g/mol. The van der Waals surface area contributed by atoms with Crippen LogP contribution in [-0.4, -0.2) is 3.26 Å². The van der Waals surface area contributed by atoms with E-state index in [4.69, 9.17) is 0 Å². The van der Waals surface area contributed by atoms with Gasteiger partial charge in [0.2, 0.25) is 0 Å². The van der Waals surface area contributed by atoms with Crippen LogP contribution in [0.3, 0.4) is 0 Å². The Hall–Kier alpha value is -3.36. The molecule has 7 aromatic carbocycles. The van der Waals surface area contributed by atoms with Gasteiger partial charge in [-0.1, -0.05) is 107 Å². The van der Waals surface area contributed by atoms with Crippen molar-refractivity contribution < 1.29 is 48.7 Å². The molecule has 7 rings (SSSR count). The van der Waals surface area contributed by atoms with E-state index in [1.807, 2.05) is 6.07 Å². The van der Waals surface area contributed by atoms with Crippen LogP contribution in [0.4, 0.5) is 0 Å². The van der Waals surface area contributed by atoms with E-state index in [0.29, 0.717) is 0 Å². The summed E-state index contributed by atoms with van der Waals surface area (Å²) in [7, 11) is 0. The summed E-state index contributed by atoms with van der Waals surface area (Å²) in [4.78, 5) is 0. The summed E-state index contributed by atoms with van der Waals surface area (Å²) in [6.07, 6.45) is 0. The van der Waals surface area contributed by atoms with Crippen molar-refractivity contribution in [2.24, 2.45) is 0 Å². The van der Waals surface area contributed by atoms with Crippen LogP contribution in [0.1, 0.15) is 63.8 Å². The summed E-state index contributed by atoms with van der Waals surface area (Å²) in [5, 5.41) is 5.48. The first-order valence-electron chi connectivity index (χ1n) is 16.1. The standard InChI is InChI=1S/C21H25.C13H10.C11H9.2ClH.Hf/c1-20(2,3)16-7-9-18-14(12-16)11-15-13-17(21(4,5)6)8-10-19(15)18;1-3-7-12(8-4-1)11-13-9-5-2-6-10-13;1-2-6-10(7-3-1)11-8-4-5-9-11;;;/h7-13H,1-6H3;1-10H;1-9H;2*1H;/q-1;;-1;;;+2/p-2. The maximum atomic E-state index is 2.35. The number of benzene rings is 5. The Morgan fingerprint density at radius 2 is 0.917 bits per heavy atom. The molecule has 0 unspecified atom stereocenters. The van der Waals surface area contributed by atoms with E-state index in [9.17, 15) is 0 Å². The molecule has 0 aliphatic heterocycles. The van der Waals surface area contributed by atoms with Crippen LogP contribution in [0, 0.1) is 0 Å². The Kier molecular flexibility index (Phi) is 14.1. The van der Waals surface area contributed by atoms with Gasteiger partial charge in [-0.15, -0.1) is 51.4 Å². The molecule has 0 radical (unpaired) electrons. The molecular formula is C45H44Cl2Hf-2. The second-order valence-electron chi connectivity index (χ2n) is 13.9. The van der Waals surface area contributed by atoms with Gasteiger partial charge in [-0.2, -0.15) is 23.8 Å². The van der Waals surface area contributed by atoms with Crippen molar-refractivity contribution in [2.45, 2.75) is 52.4 Å². The zero-order valence-electron chi connectivity index (χ0n) is 28.8. The van der Waals surface area contributed by atoms with Crippen LogP contribution in [0.25, 0.3) is 32.7 Å². The second-order valence-corrected chi connectivity index (χ2v) is 15.7. The Morgan fingerprint density at radius 1 is 0.500 bits per heavy atom. The van der Waals surface area contributed by atoms with Crippen molar-refractivity contribution in [3.05, 3.63) is 180 Å². The van der Waals surface area contributed by atoms with E-state index in [0.717, 1.165) is 23.9 Å². The number of fused-ring (bicyclic) bond motifs is 3. The SMILES string of the molecule is CC(C)(C)c1ccc2c(c1)[cH-]c1cc(C(C)(C)C)ccc12.[Cl-].[Cl-].[Hf+2]=[C](c1ccccc1)c1ccccc1.c1ccc(-c2ccc[cH-]2)cc1. The Morgan fingerprint density at radius 3 is 1.29 bits per heavy atom. The van der Waals surface area contributed by atoms with Gasteiger partial charge < -0.3 is 24.8 Å². The van der Waals surface area contributed by atoms with Gasteiger partial charge >= 0.3 is 98.9 Å². The third kappa shape index (κ3) is 10.1. The molecule has 3 heteroatoms. The summed E-state index contributed by atoms with van der Waals surface area (Å²) in [6.45, 7) is 13.6. The molecule has 0 saturated heterocycles. The molecule has 0 nitrogen and oxygen atoms in total. The number of hydrogen-bond donors (Lipinski definition) is 0. The molecule has 0 N–H and O–H groups in total. The molecule has 0 aliphatic rings. The predicted octanol–water partition coefficient (Wildman–Crippen LogP) is 6.19. The molecule has 0 fully saturated rings. The van der Waals surface area contributed by atoms with Gasteiger partial charge in [-0.25, -0.2) is 0 Å². The van der Waals surface area contributed by atoms with Crippen molar-refractivity contribution >= 4 is 24.8 Å². The van der Waals surface area contributed by atoms with Gasteiger partial charge in [-0.3, -0.25) is 0 Å². The van der Waals surface area contributed by atoms with E-state index in [1.165, 1.54) is 58.2 Å². The normalized spacial score (nSPS) is 10.9. The molecule has 0 amide bonds. The van der Waals surface area contributed by atoms with E-state index >= 15 is 0 Å². The van der Waals surface area contributed by atoms with Gasteiger partial charge in [0.05, 0.1) is 0 Å². The quantitative estimate of drug-likeness (QED) is 0.147. The first-order valence-corrected chi connectivity index (χ1v) is 17.9. The minimum Gasteiger partial charge on any atom is -0.176 e. The Bertz CT molecular complexity index is 1880. The van der Waals surface area contributed by atoms with Crippen LogP contribution >= 0.6 is 0 Å². The van der Waals surface area contributed by atoms with E-state index in [1.54, 1.807) is 0 Å². The van der Waals surface area contributed by atoms with Crippen LogP contribution in [0.15, 0.2) is 158 Å². The molecule has 0 bridgehead atoms. The fourth-order valence-corrected chi connectivity index (χ4v) is 6.73. The van der Waals surface area contributed by atoms with Crippen LogP contribution in [-0.2, 0) is 34.7 Å². The number of hydrogen-bond acceptors (Lipinski definition) is 0. The molecule has 7 aromatic rings. The Labute approximate surface area is 314 Å². The molecule has 0 atom stereocenters. The zero-order valence-corrected chi connectivity index (χ0v) is 33.9. The fourth-order valence-electron chi connectivity index (χ4n) is 5.53. The van der Waals surface area contributed by atoms with E-state index < -0.39 is 0 Å². The first-order chi connectivity index (χ1) is 22.0. The zero-order chi connectivity index (χ0) is 32.7. The molecule has 0 saturated carbocycles. The van der Waals surface area contributed by atoms with Crippen LogP contribution < -0.4 is 24.8 Å². The molecule has 0 aromatic heterocycles. The maximum Gasteiger partial charge on any atom is -0.0638 e. The van der Waals surface area contributed by atoms with E-state index in [-0.39, 0.29) is 35.6 Å². The topological polar surface area (TPSA) is 0 Å².